The van der Waals surface area contributed by atoms with Crippen LogP contribution in [-0.2, 0) is 24.1 Å². The molecule has 0 heterocycles. The number of hydrogen-bond donors (Lipinski definition) is 0. The maximum absolute atomic E-state index is 12.1. The predicted molar refractivity (Wildman–Crippen MR) is 71.6 cm³/mol. The van der Waals surface area contributed by atoms with E-state index in [2.05, 4.69) is 4.85 Å². The molecule has 0 aromatic heterocycles. The summed E-state index contributed by atoms with van der Waals surface area (Å²) in [6.45, 7) is 11.4. The Labute approximate surface area is 125 Å². The van der Waals surface area contributed by atoms with E-state index in [4.69, 9.17) is 11.3 Å². The SMILES string of the molecule is [C-]#[N+]C(C)(CO[C](=[W])CC)CC(=O)c1ccccc1. The zero-order valence-corrected chi connectivity index (χ0v) is 14.1. The Morgan fingerprint density at radius 2 is 2.05 bits per heavy atom. The fourth-order valence-electron chi connectivity index (χ4n) is 1.53. The van der Waals surface area contributed by atoms with Gasteiger partial charge in [-0.2, -0.15) is 0 Å². The zero-order valence-electron chi connectivity index (χ0n) is 11.2. The molecule has 0 N–H and O–H groups in total. The minimum atomic E-state index is -0.789. The monoisotopic (exact) mass is 427 g/mol. The molecule has 0 fully saturated rings. The number of nitrogens with zero attached hydrogens (tertiary/aromatic N) is 1. The Bertz CT molecular complexity index is 493. The quantitative estimate of drug-likeness (QED) is 0.495. The number of rotatable bonds is 7. The summed E-state index contributed by atoms with van der Waals surface area (Å²) in [6, 6.07) is 9.09. The molecule has 1 atom stereocenters. The van der Waals surface area contributed by atoms with Crippen molar-refractivity contribution < 1.29 is 28.9 Å². The van der Waals surface area contributed by atoms with Crippen LogP contribution in [0.3, 0.4) is 0 Å². The van der Waals surface area contributed by atoms with E-state index in [1.54, 1.807) is 19.1 Å². The molecule has 0 spiro atoms. The molecule has 1 rings (SSSR count). The Kier molecular flexibility index (Phi) is 6.28. The van der Waals surface area contributed by atoms with Gasteiger partial charge in [0.1, 0.15) is 0 Å². The Balaban J connectivity index is 2.68. The molecule has 4 heteroatoms. The summed E-state index contributed by atoms with van der Waals surface area (Å²) in [6.07, 6.45) is 1.04. The molecule has 1 aromatic rings. The number of ether oxygens (including phenoxy) is 1. The summed E-state index contributed by atoms with van der Waals surface area (Å²) in [4.78, 5) is 15.7. The normalized spacial score (nSPS) is 13.3. The molecule has 0 radical (unpaired) electrons. The Hall–Kier alpha value is -1.10. The number of carbonyl (C=O) groups is 1. The third-order valence-corrected chi connectivity index (χ3v) is 4.20. The van der Waals surface area contributed by atoms with Crippen LogP contribution in [0.15, 0.2) is 30.3 Å². The minimum absolute atomic E-state index is 0.0100. The van der Waals surface area contributed by atoms with Gasteiger partial charge in [-0.1, -0.05) is 0 Å². The number of Topliss-reactive ketones (excluding diaryl/α,β-unsaturated/α-hetero) is 1. The zero-order chi connectivity index (χ0) is 14.3. The van der Waals surface area contributed by atoms with Crippen LogP contribution in [0.5, 0.6) is 0 Å². The molecule has 0 aliphatic carbocycles. The fraction of sp³-hybridized carbons (Fsp3) is 0.400. The van der Waals surface area contributed by atoms with Crippen molar-refractivity contribution in [1.82, 2.24) is 0 Å². The van der Waals surface area contributed by atoms with Crippen LogP contribution in [0, 0.1) is 6.57 Å². The van der Waals surface area contributed by atoms with Gasteiger partial charge in [-0.05, 0) is 0 Å². The van der Waals surface area contributed by atoms with Crippen molar-refractivity contribution in [3.8, 4) is 0 Å². The predicted octanol–water partition coefficient (Wildman–Crippen LogP) is 3.04. The van der Waals surface area contributed by atoms with Crippen molar-refractivity contribution in [1.29, 1.82) is 0 Å². The average molecular weight is 427 g/mol. The van der Waals surface area contributed by atoms with Gasteiger partial charge in [0, 0.05) is 0 Å². The van der Waals surface area contributed by atoms with E-state index in [1.807, 2.05) is 25.1 Å². The fourth-order valence-corrected chi connectivity index (χ4v) is 1.74. The average Bonchev–Trinajstić information content (AvgIpc) is 2.45. The molecule has 100 valence electrons. The van der Waals surface area contributed by atoms with Crippen molar-refractivity contribution in [3.63, 3.8) is 0 Å². The van der Waals surface area contributed by atoms with Gasteiger partial charge < -0.3 is 0 Å². The molecule has 0 saturated heterocycles. The molecule has 1 aromatic carbocycles. The molecule has 19 heavy (non-hydrogen) atoms. The van der Waals surface area contributed by atoms with Crippen LogP contribution < -0.4 is 0 Å². The molecule has 0 bridgehead atoms. The molecule has 0 aliphatic heterocycles. The standard InChI is InChI=1S/C15H17NO2.W/c1-4-10-18-12-15(2,16-3)11-14(17)13-8-6-5-7-9-13;/h5-9H,4,11-12H2,1-2H3;. The van der Waals surface area contributed by atoms with Crippen LogP contribution in [0.25, 0.3) is 4.85 Å². The van der Waals surface area contributed by atoms with Gasteiger partial charge in [-0.25, -0.2) is 0 Å². The summed E-state index contributed by atoms with van der Waals surface area (Å²) < 4.78 is 6.55. The maximum atomic E-state index is 12.1. The van der Waals surface area contributed by atoms with Crippen molar-refractivity contribution in [2.75, 3.05) is 6.61 Å². The van der Waals surface area contributed by atoms with Gasteiger partial charge in [0.25, 0.3) is 0 Å². The van der Waals surface area contributed by atoms with Gasteiger partial charge in [-0.3, -0.25) is 0 Å². The second-order valence-corrected chi connectivity index (χ2v) is 6.22. The number of ketones is 1. The van der Waals surface area contributed by atoms with E-state index in [-0.39, 0.29) is 18.8 Å². The van der Waals surface area contributed by atoms with Crippen LogP contribution in [0.4, 0.5) is 0 Å². The molecular formula is C15H17NO2W. The molecule has 0 amide bonds. The van der Waals surface area contributed by atoms with Crippen LogP contribution in [-0.4, -0.2) is 22.0 Å². The molecule has 0 aliphatic rings. The van der Waals surface area contributed by atoms with Gasteiger partial charge >= 0.3 is 125 Å². The summed E-state index contributed by atoms with van der Waals surface area (Å²) in [7, 11) is 0. The number of benzene rings is 1. The summed E-state index contributed by atoms with van der Waals surface area (Å²) in [5, 5.41) is 0. The van der Waals surface area contributed by atoms with Gasteiger partial charge in [-0.15, -0.1) is 0 Å². The molecule has 0 saturated carbocycles. The van der Waals surface area contributed by atoms with Crippen molar-refractivity contribution in [2.24, 2.45) is 0 Å². The first-order valence-electron chi connectivity index (χ1n) is 6.13. The summed E-state index contributed by atoms with van der Waals surface area (Å²) in [5.74, 6) is -0.0100. The van der Waals surface area contributed by atoms with Crippen molar-refractivity contribution in [3.05, 3.63) is 47.3 Å². The van der Waals surface area contributed by atoms with E-state index in [0.717, 1.165) is 10.5 Å². The van der Waals surface area contributed by atoms with Crippen molar-refractivity contribution in [2.45, 2.75) is 32.2 Å². The van der Waals surface area contributed by atoms with E-state index < -0.39 is 5.54 Å². The second kappa shape index (κ2) is 7.48. The van der Waals surface area contributed by atoms with Crippen LogP contribution in [0.2, 0.25) is 0 Å². The van der Waals surface area contributed by atoms with Crippen LogP contribution >= 0.6 is 0 Å². The first kappa shape index (κ1) is 16.0. The first-order chi connectivity index (χ1) is 9.00. The summed E-state index contributed by atoms with van der Waals surface area (Å²) in [5.41, 5.74) is -0.137. The Morgan fingerprint density at radius 3 is 2.58 bits per heavy atom. The van der Waals surface area contributed by atoms with Gasteiger partial charge in [0.15, 0.2) is 0 Å². The van der Waals surface area contributed by atoms with Crippen molar-refractivity contribution >= 4 is 9.87 Å². The summed E-state index contributed by atoms with van der Waals surface area (Å²) >= 11 is 1.28. The number of hydrogen-bond acceptors (Lipinski definition) is 2. The van der Waals surface area contributed by atoms with Gasteiger partial charge in [0.2, 0.25) is 0 Å². The van der Waals surface area contributed by atoms with Gasteiger partial charge in [0.05, 0.1) is 0 Å². The Morgan fingerprint density at radius 1 is 1.42 bits per heavy atom. The van der Waals surface area contributed by atoms with Crippen LogP contribution in [0.1, 0.15) is 37.0 Å². The topological polar surface area (TPSA) is 30.7 Å². The van der Waals surface area contributed by atoms with E-state index in [0.29, 0.717) is 5.56 Å². The number of carbonyl (C=O) groups excluding carboxylic acids is 1. The van der Waals surface area contributed by atoms with E-state index >= 15 is 0 Å². The molecular weight excluding hydrogens is 410 g/mol. The van der Waals surface area contributed by atoms with E-state index in [9.17, 15) is 4.79 Å². The third-order valence-electron chi connectivity index (χ3n) is 2.74. The second-order valence-electron chi connectivity index (χ2n) is 4.59. The third kappa shape index (κ3) is 5.18. The molecule has 3 nitrogen and oxygen atoms in total. The first-order valence-corrected chi connectivity index (χ1v) is 7.60. The van der Waals surface area contributed by atoms with E-state index in [1.165, 1.54) is 19.4 Å². The molecule has 1 unspecified atom stereocenters.